The monoisotopic (exact) mass is 190 g/mol. The zero-order valence-electron chi connectivity index (χ0n) is 7.73. The molecule has 1 aromatic carbocycles. The van der Waals surface area contributed by atoms with E-state index in [0.717, 1.165) is 5.56 Å². The van der Waals surface area contributed by atoms with Crippen molar-refractivity contribution in [3.8, 4) is 17.2 Å². The number of rotatable bonds is 2. The molecule has 1 aromatic heterocycles. The summed E-state index contributed by atoms with van der Waals surface area (Å²) in [6.45, 7) is 0. The van der Waals surface area contributed by atoms with E-state index < -0.39 is 0 Å². The highest BCUT2D eigenvalue weighted by Crippen LogP contribution is 2.29. The topological polar surface area (TPSA) is 61.3 Å². The van der Waals surface area contributed by atoms with Gasteiger partial charge in [-0.25, -0.2) is 4.98 Å². The van der Waals surface area contributed by atoms with Gasteiger partial charge in [-0.2, -0.15) is 0 Å². The molecule has 72 valence electrons. The largest absolute Gasteiger partial charge is 0.496 e. The van der Waals surface area contributed by atoms with Crippen LogP contribution in [-0.2, 0) is 0 Å². The van der Waals surface area contributed by atoms with Crippen LogP contribution in [0.15, 0.2) is 34.9 Å². The Hall–Kier alpha value is -1.97. The number of aromatic nitrogens is 1. The van der Waals surface area contributed by atoms with Crippen molar-refractivity contribution in [3.63, 3.8) is 0 Å². The standard InChI is InChI=1S/C10H10N2O2/c1-13-8-5-3-2-4-7(8)10-12-6-9(11)14-10/h2-6H,11H2,1H3. The maximum Gasteiger partial charge on any atom is 0.232 e. The molecule has 0 bridgehead atoms. The molecule has 2 aromatic rings. The van der Waals surface area contributed by atoms with Crippen molar-refractivity contribution in [2.75, 3.05) is 12.8 Å². The summed E-state index contributed by atoms with van der Waals surface area (Å²) in [6.07, 6.45) is 1.47. The predicted octanol–water partition coefficient (Wildman–Crippen LogP) is 1.93. The number of oxazole rings is 1. The quantitative estimate of drug-likeness (QED) is 0.786. The molecule has 2 N–H and O–H groups in total. The SMILES string of the molecule is COc1ccccc1-c1ncc(N)o1. The average molecular weight is 190 g/mol. The molecule has 0 fully saturated rings. The number of benzene rings is 1. The average Bonchev–Trinajstić information content (AvgIpc) is 2.65. The molecule has 4 nitrogen and oxygen atoms in total. The minimum Gasteiger partial charge on any atom is -0.496 e. The van der Waals surface area contributed by atoms with E-state index in [-0.39, 0.29) is 0 Å². The van der Waals surface area contributed by atoms with Crippen LogP contribution >= 0.6 is 0 Å². The molecule has 14 heavy (non-hydrogen) atoms. The van der Waals surface area contributed by atoms with Crippen molar-refractivity contribution in [2.45, 2.75) is 0 Å². The fourth-order valence-electron chi connectivity index (χ4n) is 1.23. The number of anilines is 1. The zero-order chi connectivity index (χ0) is 9.97. The summed E-state index contributed by atoms with van der Waals surface area (Å²) in [7, 11) is 1.60. The van der Waals surface area contributed by atoms with Crippen molar-refractivity contribution in [3.05, 3.63) is 30.5 Å². The van der Waals surface area contributed by atoms with E-state index in [0.29, 0.717) is 17.5 Å². The lowest BCUT2D eigenvalue weighted by Gasteiger charge is -2.03. The Balaban J connectivity index is 2.50. The molecule has 4 heteroatoms. The highest BCUT2D eigenvalue weighted by atomic mass is 16.5. The Morgan fingerprint density at radius 2 is 2.14 bits per heavy atom. The van der Waals surface area contributed by atoms with Crippen LogP contribution in [0.2, 0.25) is 0 Å². The summed E-state index contributed by atoms with van der Waals surface area (Å²) < 4.78 is 10.4. The van der Waals surface area contributed by atoms with E-state index in [2.05, 4.69) is 4.98 Å². The number of methoxy groups -OCH3 is 1. The molecule has 0 atom stereocenters. The smallest absolute Gasteiger partial charge is 0.232 e. The second-order valence-corrected chi connectivity index (χ2v) is 2.77. The molecule has 0 amide bonds. The normalized spacial score (nSPS) is 10.1. The van der Waals surface area contributed by atoms with Crippen molar-refractivity contribution in [1.82, 2.24) is 4.98 Å². The summed E-state index contributed by atoms with van der Waals surface area (Å²) in [5, 5.41) is 0. The molecule has 0 unspecified atom stereocenters. The maximum absolute atomic E-state index is 5.44. The first kappa shape index (κ1) is 8.62. The van der Waals surface area contributed by atoms with Gasteiger partial charge in [0.25, 0.3) is 0 Å². The van der Waals surface area contributed by atoms with Crippen LogP contribution in [0.5, 0.6) is 5.75 Å². The number of nitrogens with zero attached hydrogens (tertiary/aromatic N) is 1. The molecule has 1 heterocycles. The van der Waals surface area contributed by atoms with Gasteiger partial charge in [-0.1, -0.05) is 12.1 Å². The summed E-state index contributed by atoms with van der Waals surface area (Å²) in [5.41, 5.74) is 6.24. The van der Waals surface area contributed by atoms with Gasteiger partial charge in [0.1, 0.15) is 5.75 Å². The Bertz CT molecular complexity index is 437. The summed E-state index contributed by atoms with van der Waals surface area (Å²) in [4.78, 5) is 4.02. The van der Waals surface area contributed by atoms with E-state index in [4.69, 9.17) is 14.9 Å². The third-order valence-electron chi connectivity index (χ3n) is 1.86. The van der Waals surface area contributed by atoms with Crippen LogP contribution in [0.3, 0.4) is 0 Å². The van der Waals surface area contributed by atoms with Crippen molar-refractivity contribution < 1.29 is 9.15 Å². The van der Waals surface area contributed by atoms with Crippen LogP contribution in [0, 0.1) is 0 Å². The fraction of sp³-hybridized carbons (Fsp3) is 0.100. The Labute approximate surface area is 81.3 Å². The van der Waals surface area contributed by atoms with Gasteiger partial charge < -0.3 is 14.9 Å². The first-order valence-corrected chi connectivity index (χ1v) is 4.16. The maximum atomic E-state index is 5.44. The molecular weight excluding hydrogens is 180 g/mol. The van der Waals surface area contributed by atoms with Gasteiger partial charge in [0.15, 0.2) is 0 Å². The number of para-hydroxylation sites is 1. The van der Waals surface area contributed by atoms with E-state index in [1.54, 1.807) is 7.11 Å². The Kier molecular flexibility index (Phi) is 2.10. The molecule has 0 aliphatic carbocycles. The van der Waals surface area contributed by atoms with Crippen molar-refractivity contribution in [1.29, 1.82) is 0 Å². The fourth-order valence-corrected chi connectivity index (χ4v) is 1.23. The summed E-state index contributed by atoms with van der Waals surface area (Å²) in [5.74, 6) is 1.49. The minimum atomic E-state index is 0.297. The Morgan fingerprint density at radius 3 is 2.79 bits per heavy atom. The third-order valence-corrected chi connectivity index (χ3v) is 1.86. The second kappa shape index (κ2) is 3.41. The Morgan fingerprint density at radius 1 is 1.36 bits per heavy atom. The minimum absolute atomic E-state index is 0.297. The molecule has 0 saturated heterocycles. The molecule has 0 spiro atoms. The number of ether oxygens (including phenoxy) is 1. The van der Waals surface area contributed by atoms with E-state index in [1.807, 2.05) is 24.3 Å². The van der Waals surface area contributed by atoms with Crippen LogP contribution in [0.1, 0.15) is 0 Å². The van der Waals surface area contributed by atoms with Gasteiger partial charge >= 0.3 is 0 Å². The number of hydrogen-bond donors (Lipinski definition) is 1. The third kappa shape index (κ3) is 1.42. The van der Waals surface area contributed by atoms with E-state index in [9.17, 15) is 0 Å². The lowest BCUT2D eigenvalue weighted by atomic mass is 10.2. The second-order valence-electron chi connectivity index (χ2n) is 2.77. The van der Waals surface area contributed by atoms with Gasteiger partial charge in [-0.15, -0.1) is 0 Å². The molecule has 0 radical (unpaired) electrons. The number of hydrogen-bond acceptors (Lipinski definition) is 4. The van der Waals surface area contributed by atoms with Gasteiger partial charge in [-0.05, 0) is 12.1 Å². The van der Waals surface area contributed by atoms with Crippen molar-refractivity contribution >= 4 is 5.88 Å². The summed E-state index contributed by atoms with van der Waals surface area (Å²) in [6, 6.07) is 7.48. The highest BCUT2D eigenvalue weighted by molar-refractivity contribution is 5.63. The molecule has 2 rings (SSSR count). The molecular formula is C10H10N2O2. The van der Waals surface area contributed by atoms with E-state index in [1.165, 1.54) is 6.20 Å². The summed E-state index contributed by atoms with van der Waals surface area (Å²) >= 11 is 0. The highest BCUT2D eigenvalue weighted by Gasteiger charge is 2.09. The van der Waals surface area contributed by atoms with Crippen LogP contribution in [0.25, 0.3) is 11.5 Å². The molecule has 0 aliphatic rings. The van der Waals surface area contributed by atoms with Crippen LogP contribution in [0.4, 0.5) is 5.88 Å². The van der Waals surface area contributed by atoms with Crippen LogP contribution < -0.4 is 10.5 Å². The lowest BCUT2D eigenvalue weighted by molar-refractivity contribution is 0.414. The number of nitrogens with two attached hydrogens (primary N) is 1. The number of nitrogen functional groups attached to an aromatic ring is 1. The van der Waals surface area contributed by atoms with Gasteiger partial charge in [0.2, 0.25) is 11.8 Å². The van der Waals surface area contributed by atoms with E-state index >= 15 is 0 Å². The molecule has 0 saturated carbocycles. The van der Waals surface area contributed by atoms with Gasteiger partial charge in [0.05, 0.1) is 18.9 Å². The predicted molar refractivity (Wildman–Crippen MR) is 52.9 cm³/mol. The van der Waals surface area contributed by atoms with Crippen molar-refractivity contribution in [2.24, 2.45) is 0 Å². The lowest BCUT2D eigenvalue weighted by Crippen LogP contribution is -1.86. The first-order valence-electron chi connectivity index (χ1n) is 4.16. The first-order chi connectivity index (χ1) is 6.81. The molecule has 0 aliphatic heterocycles. The van der Waals surface area contributed by atoms with Crippen LogP contribution in [-0.4, -0.2) is 12.1 Å². The van der Waals surface area contributed by atoms with Gasteiger partial charge in [-0.3, -0.25) is 0 Å². The van der Waals surface area contributed by atoms with Gasteiger partial charge in [0, 0.05) is 0 Å². The zero-order valence-corrected chi connectivity index (χ0v) is 7.73.